The fourth-order valence-electron chi connectivity index (χ4n) is 2.91. The van der Waals surface area contributed by atoms with Gasteiger partial charge < -0.3 is 14.8 Å². The monoisotopic (exact) mass is 396 g/mol. The molecule has 5 nitrogen and oxygen atoms in total. The van der Waals surface area contributed by atoms with Gasteiger partial charge in [0.05, 0.1) is 25.8 Å². The largest absolute Gasteiger partial charge is 0.497 e. The average Bonchev–Trinajstić information content (AvgIpc) is 2.73. The molecule has 0 bridgehead atoms. The number of nitrogens with zero attached hydrogens (tertiary/aromatic N) is 1. The second kappa shape index (κ2) is 9.24. The Morgan fingerprint density at radius 3 is 2.50 bits per heavy atom. The van der Waals surface area contributed by atoms with Crippen LogP contribution in [-0.4, -0.2) is 25.1 Å². The molecule has 3 aromatic rings. The van der Waals surface area contributed by atoms with Crippen LogP contribution in [0.5, 0.6) is 11.5 Å². The third-order valence-corrected chi connectivity index (χ3v) is 4.65. The third kappa shape index (κ3) is 4.81. The lowest BCUT2D eigenvalue weighted by Crippen LogP contribution is -2.23. The van der Waals surface area contributed by atoms with Crippen LogP contribution in [0.15, 0.2) is 66.9 Å². The third-order valence-electron chi connectivity index (χ3n) is 4.39. The highest BCUT2D eigenvalue weighted by atomic mass is 35.5. The zero-order valence-corrected chi connectivity index (χ0v) is 16.4. The lowest BCUT2D eigenvalue weighted by atomic mass is 9.93. The predicted molar refractivity (Wildman–Crippen MR) is 110 cm³/mol. The normalized spacial score (nSPS) is 11.5. The summed E-state index contributed by atoms with van der Waals surface area (Å²) in [6, 6.07) is 18.2. The molecule has 6 heteroatoms. The Balaban J connectivity index is 1.89. The molecule has 1 aromatic heterocycles. The fourth-order valence-corrected chi connectivity index (χ4v) is 3.03. The van der Waals surface area contributed by atoms with Gasteiger partial charge in [-0.3, -0.25) is 9.78 Å². The number of methoxy groups -OCH3 is 2. The van der Waals surface area contributed by atoms with Crippen molar-refractivity contribution in [1.29, 1.82) is 0 Å². The molecule has 1 amide bonds. The zero-order valence-electron chi connectivity index (χ0n) is 15.7. The maximum absolute atomic E-state index is 13.2. The van der Waals surface area contributed by atoms with Gasteiger partial charge in [-0.15, -0.1) is 0 Å². The first-order valence-corrected chi connectivity index (χ1v) is 9.16. The molecule has 0 radical (unpaired) electrons. The molecule has 28 heavy (non-hydrogen) atoms. The van der Waals surface area contributed by atoms with Gasteiger partial charge in [-0.1, -0.05) is 29.8 Å². The summed E-state index contributed by atoms with van der Waals surface area (Å²) in [5.41, 5.74) is 2.27. The zero-order chi connectivity index (χ0) is 19.9. The maximum Gasteiger partial charge on any atom is 0.232 e. The van der Waals surface area contributed by atoms with Crippen molar-refractivity contribution in [3.05, 3.63) is 83.1 Å². The molecule has 0 aliphatic carbocycles. The Labute approximate surface area is 169 Å². The Morgan fingerprint density at radius 1 is 1.07 bits per heavy atom. The molecule has 1 N–H and O–H groups in total. The number of ether oxygens (including phenoxy) is 2. The molecule has 144 valence electrons. The molecular formula is C22H21ClN2O3. The number of carbonyl (C=O) groups excluding carboxylic acids is 1. The van der Waals surface area contributed by atoms with E-state index < -0.39 is 5.92 Å². The summed E-state index contributed by atoms with van der Waals surface area (Å²) < 4.78 is 10.6. The van der Waals surface area contributed by atoms with Crippen LogP contribution in [0.2, 0.25) is 5.02 Å². The van der Waals surface area contributed by atoms with E-state index in [1.807, 2.05) is 30.3 Å². The molecule has 3 rings (SSSR count). The second-order valence-corrected chi connectivity index (χ2v) is 6.62. The Hall–Kier alpha value is -3.05. The molecule has 0 aliphatic rings. The van der Waals surface area contributed by atoms with E-state index in [9.17, 15) is 4.79 Å². The highest BCUT2D eigenvalue weighted by Gasteiger charge is 2.23. The molecule has 2 aromatic carbocycles. The van der Waals surface area contributed by atoms with E-state index in [1.54, 1.807) is 50.7 Å². The Morgan fingerprint density at radius 2 is 1.86 bits per heavy atom. The molecule has 1 unspecified atom stereocenters. The van der Waals surface area contributed by atoms with Crippen LogP contribution in [0.4, 0.5) is 5.69 Å². The van der Waals surface area contributed by atoms with Crippen molar-refractivity contribution in [3.63, 3.8) is 0 Å². The topological polar surface area (TPSA) is 60.5 Å². The van der Waals surface area contributed by atoms with Gasteiger partial charge in [-0.25, -0.2) is 0 Å². The quantitative estimate of drug-likeness (QED) is 0.627. The van der Waals surface area contributed by atoms with Crippen LogP contribution in [-0.2, 0) is 11.2 Å². The van der Waals surface area contributed by atoms with Crippen LogP contribution < -0.4 is 14.8 Å². The summed E-state index contributed by atoms with van der Waals surface area (Å²) in [4.78, 5) is 17.5. The van der Waals surface area contributed by atoms with Crippen LogP contribution >= 0.6 is 11.6 Å². The van der Waals surface area contributed by atoms with Gasteiger partial charge in [0.15, 0.2) is 0 Å². The van der Waals surface area contributed by atoms with Crippen molar-refractivity contribution in [2.75, 3.05) is 19.5 Å². The van der Waals surface area contributed by atoms with E-state index in [0.29, 0.717) is 28.6 Å². The molecule has 0 saturated carbocycles. The van der Waals surface area contributed by atoms with Crippen molar-refractivity contribution in [1.82, 2.24) is 4.98 Å². The number of hydrogen-bond acceptors (Lipinski definition) is 4. The van der Waals surface area contributed by atoms with Crippen molar-refractivity contribution < 1.29 is 14.3 Å². The summed E-state index contributed by atoms with van der Waals surface area (Å²) in [7, 11) is 3.13. The summed E-state index contributed by atoms with van der Waals surface area (Å²) in [6.07, 6.45) is 2.19. The highest BCUT2D eigenvalue weighted by molar-refractivity contribution is 6.30. The first kappa shape index (κ1) is 19.7. The summed E-state index contributed by atoms with van der Waals surface area (Å²) in [6.45, 7) is 0. The molecule has 0 fully saturated rings. The average molecular weight is 397 g/mol. The van der Waals surface area contributed by atoms with Gasteiger partial charge >= 0.3 is 0 Å². The first-order valence-electron chi connectivity index (χ1n) is 8.79. The first-order chi connectivity index (χ1) is 13.6. The minimum atomic E-state index is -0.432. The number of nitrogens with one attached hydrogen (secondary N) is 1. The summed E-state index contributed by atoms with van der Waals surface area (Å²) >= 11 is 6.01. The minimum Gasteiger partial charge on any atom is -0.497 e. The molecule has 1 atom stereocenters. The predicted octanol–water partition coefficient (Wildman–Crippen LogP) is 4.72. The Bertz CT molecular complexity index is 930. The van der Waals surface area contributed by atoms with E-state index >= 15 is 0 Å². The maximum atomic E-state index is 13.2. The van der Waals surface area contributed by atoms with E-state index in [2.05, 4.69) is 10.3 Å². The molecule has 1 heterocycles. The van der Waals surface area contributed by atoms with Crippen LogP contribution in [0.3, 0.4) is 0 Å². The van der Waals surface area contributed by atoms with Gasteiger partial charge in [0.2, 0.25) is 5.91 Å². The van der Waals surface area contributed by atoms with Gasteiger partial charge in [-0.05, 0) is 42.0 Å². The number of halogens is 1. The molecule has 0 aliphatic heterocycles. The number of aromatic nitrogens is 1. The smallest absolute Gasteiger partial charge is 0.232 e. The van der Waals surface area contributed by atoms with Crippen molar-refractivity contribution >= 4 is 23.2 Å². The minimum absolute atomic E-state index is 0.156. The van der Waals surface area contributed by atoms with Crippen LogP contribution in [0.25, 0.3) is 0 Å². The van der Waals surface area contributed by atoms with Crippen LogP contribution in [0.1, 0.15) is 17.2 Å². The number of hydrogen-bond donors (Lipinski definition) is 1. The lowest BCUT2D eigenvalue weighted by molar-refractivity contribution is -0.117. The molecule has 0 saturated heterocycles. The lowest BCUT2D eigenvalue weighted by Gasteiger charge is -2.19. The van der Waals surface area contributed by atoms with E-state index in [-0.39, 0.29) is 5.91 Å². The second-order valence-electron chi connectivity index (χ2n) is 6.18. The van der Waals surface area contributed by atoms with Crippen molar-refractivity contribution in [3.8, 4) is 11.5 Å². The van der Waals surface area contributed by atoms with Gasteiger partial charge in [0.1, 0.15) is 11.5 Å². The standard InChI is InChI=1S/C22H21ClN2O3/c1-27-18-10-11-20(21(14-18)28-2)25-22(26)19(13-17-5-3-4-12-24-17)15-6-8-16(23)9-7-15/h3-12,14,19H,13H2,1-2H3,(H,25,26). The number of rotatable bonds is 7. The molecule has 0 spiro atoms. The number of pyridine rings is 1. The summed E-state index contributed by atoms with van der Waals surface area (Å²) in [5.74, 6) is 0.591. The number of carbonyl (C=O) groups is 1. The number of anilines is 1. The van der Waals surface area contributed by atoms with Gasteiger partial charge in [0.25, 0.3) is 0 Å². The number of amides is 1. The van der Waals surface area contributed by atoms with Gasteiger partial charge in [0, 0.05) is 29.4 Å². The summed E-state index contributed by atoms with van der Waals surface area (Å²) in [5, 5.41) is 3.59. The number of benzene rings is 2. The van der Waals surface area contributed by atoms with Crippen molar-refractivity contribution in [2.24, 2.45) is 0 Å². The van der Waals surface area contributed by atoms with E-state index in [0.717, 1.165) is 11.3 Å². The highest BCUT2D eigenvalue weighted by Crippen LogP contribution is 2.31. The fraction of sp³-hybridized carbons (Fsp3) is 0.182. The Kier molecular flexibility index (Phi) is 6.50. The van der Waals surface area contributed by atoms with Crippen molar-refractivity contribution in [2.45, 2.75) is 12.3 Å². The SMILES string of the molecule is COc1ccc(NC(=O)C(Cc2ccccn2)c2ccc(Cl)cc2)c(OC)c1. The van der Waals surface area contributed by atoms with E-state index in [4.69, 9.17) is 21.1 Å². The molecular weight excluding hydrogens is 376 g/mol. The van der Waals surface area contributed by atoms with Crippen LogP contribution in [0, 0.1) is 0 Å². The van der Waals surface area contributed by atoms with Gasteiger partial charge in [-0.2, -0.15) is 0 Å². The van der Waals surface area contributed by atoms with E-state index in [1.165, 1.54) is 0 Å².